The molecule has 3 N–H and O–H groups in total. The monoisotopic (exact) mass is 309 g/mol. The van der Waals surface area contributed by atoms with Crippen LogP contribution < -0.4 is 10.6 Å². The molecule has 1 aliphatic rings. The number of unbranched alkanes of at least 4 members (excludes halogenated alkanes) is 2. The lowest BCUT2D eigenvalue weighted by Gasteiger charge is -2.09. The summed E-state index contributed by atoms with van der Waals surface area (Å²) in [5, 5.41) is 23.1. The number of nitriles is 1. The Morgan fingerprint density at radius 3 is 2.82 bits per heavy atom. The molecule has 1 aliphatic heterocycles. The van der Waals surface area contributed by atoms with Crippen molar-refractivity contribution in [3.8, 4) is 6.07 Å². The van der Waals surface area contributed by atoms with E-state index in [1.54, 1.807) is 0 Å². The number of ether oxygens (including phenoxy) is 1. The largest absolute Gasteiger partial charge is 0.481 e. The van der Waals surface area contributed by atoms with Crippen molar-refractivity contribution in [2.24, 2.45) is 0 Å². The van der Waals surface area contributed by atoms with Gasteiger partial charge in [0.2, 0.25) is 0 Å². The Morgan fingerprint density at radius 1 is 1.36 bits per heavy atom. The fourth-order valence-electron chi connectivity index (χ4n) is 2.12. The predicted octanol–water partition coefficient (Wildman–Crippen LogP) is 0.924. The summed E-state index contributed by atoms with van der Waals surface area (Å²) in [6.45, 7) is 1.79. The van der Waals surface area contributed by atoms with Crippen molar-refractivity contribution in [1.82, 2.24) is 10.6 Å². The molecule has 1 saturated heterocycles. The van der Waals surface area contributed by atoms with E-state index in [9.17, 15) is 9.59 Å². The molecule has 1 amide bonds. The van der Waals surface area contributed by atoms with E-state index >= 15 is 0 Å². The van der Waals surface area contributed by atoms with Crippen LogP contribution in [0, 0.1) is 11.3 Å². The standard InChI is InChI=1S/C15H23N3O4/c16-9-12(10-17-11-13-5-4-8-22-13)15(21)18-7-3-1-2-6-14(19)20/h10,13,17H,1-8,11H2,(H,18,21)(H,19,20)/b12-10-. The zero-order chi connectivity index (χ0) is 16.2. The molecule has 122 valence electrons. The van der Waals surface area contributed by atoms with Crippen molar-refractivity contribution in [2.75, 3.05) is 19.7 Å². The number of carbonyl (C=O) groups excluding carboxylic acids is 1. The number of nitrogens with one attached hydrogen (secondary N) is 2. The van der Waals surface area contributed by atoms with E-state index < -0.39 is 11.9 Å². The summed E-state index contributed by atoms with van der Waals surface area (Å²) in [5.41, 5.74) is 0.0310. The minimum Gasteiger partial charge on any atom is -0.481 e. The molecule has 0 aromatic rings. The minimum absolute atomic E-state index is 0.0310. The zero-order valence-corrected chi connectivity index (χ0v) is 12.6. The number of nitrogens with zero attached hydrogens (tertiary/aromatic N) is 1. The summed E-state index contributed by atoms with van der Waals surface area (Å²) in [7, 11) is 0. The Labute approximate surface area is 130 Å². The first-order valence-electron chi connectivity index (χ1n) is 7.58. The van der Waals surface area contributed by atoms with E-state index in [0.717, 1.165) is 25.9 Å². The highest BCUT2D eigenvalue weighted by Crippen LogP contribution is 2.10. The van der Waals surface area contributed by atoms with Crippen molar-refractivity contribution in [3.63, 3.8) is 0 Å². The third-order valence-electron chi connectivity index (χ3n) is 3.33. The van der Waals surface area contributed by atoms with Crippen LogP contribution >= 0.6 is 0 Å². The number of amides is 1. The van der Waals surface area contributed by atoms with E-state index in [0.29, 0.717) is 25.9 Å². The topological polar surface area (TPSA) is 111 Å². The molecule has 1 heterocycles. The number of carboxylic acids is 1. The first kappa shape index (κ1) is 18.0. The van der Waals surface area contributed by atoms with Gasteiger partial charge in [0.25, 0.3) is 5.91 Å². The van der Waals surface area contributed by atoms with E-state index in [1.807, 2.05) is 6.07 Å². The number of aliphatic carboxylic acids is 1. The van der Waals surface area contributed by atoms with Gasteiger partial charge in [0, 0.05) is 32.3 Å². The lowest BCUT2D eigenvalue weighted by Crippen LogP contribution is -2.28. The second-order valence-corrected chi connectivity index (χ2v) is 5.17. The molecule has 1 fully saturated rings. The maximum absolute atomic E-state index is 11.8. The Hall–Kier alpha value is -2.07. The number of hydrogen-bond acceptors (Lipinski definition) is 5. The van der Waals surface area contributed by atoms with E-state index in [2.05, 4.69) is 10.6 Å². The number of carboxylic acid groups (broad SMARTS) is 1. The van der Waals surface area contributed by atoms with Crippen LogP contribution in [0.25, 0.3) is 0 Å². The maximum atomic E-state index is 11.8. The van der Waals surface area contributed by atoms with E-state index in [1.165, 1.54) is 6.20 Å². The Morgan fingerprint density at radius 2 is 2.18 bits per heavy atom. The van der Waals surface area contributed by atoms with Crippen LogP contribution in [0.2, 0.25) is 0 Å². The highest BCUT2D eigenvalue weighted by Gasteiger charge is 2.14. The van der Waals surface area contributed by atoms with Gasteiger partial charge in [-0.1, -0.05) is 6.42 Å². The quantitative estimate of drug-likeness (QED) is 0.314. The van der Waals surface area contributed by atoms with Gasteiger partial charge in [0.05, 0.1) is 6.10 Å². The zero-order valence-electron chi connectivity index (χ0n) is 12.6. The normalized spacial score (nSPS) is 17.8. The van der Waals surface area contributed by atoms with Gasteiger partial charge in [0.1, 0.15) is 11.6 Å². The third kappa shape index (κ3) is 7.64. The summed E-state index contributed by atoms with van der Waals surface area (Å²) in [6, 6.07) is 1.86. The Bertz CT molecular complexity index is 437. The molecule has 7 nitrogen and oxygen atoms in total. The average Bonchev–Trinajstić information content (AvgIpc) is 3.00. The molecule has 22 heavy (non-hydrogen) atoms. The summed E-state index contributed by atoms with van der Waals surface area (Å²) in [4.78, 5) is 22.1. The summed E-state index contributed by atoms with van der Waals surface area (Å²) in [6.07, 6.45) is 5.76. The fourth-order valence-corrected chi connectivity index (χ4v) is 2.12. The molecular weight excluding hydrogens is 286 g/mol. The number of rotatable bonds is 10. The van der Waals surface area contributed by atoms with Gasteiger partial charge in [-0.25, -0.2) is 0 Å². The predicted molar refractivity (Wildman–Crippen MR) is 79.8 cm³/mol. The maximum Gasteiger partial charge on any atom is 0.303 e. The molecule has 1 unspecified atom stereocenters. The van der Waals surface area contributed by atoms with Crippen LogP contribution in [-0.4, -0.2) is 42.8 Å². The second kappa shape index (κ2) is 10.6. The first-order valence-corrected chi connectivity index (χ1v) is 7.58. The van der Waals surface area contributed by atoms with Crippen LogP contribution in [0.15, 0.2) is 11.8 Å². The van der Waals surface area contributed by atoms with Gasteiger partial charge < -0.3 is 20.5 Å². The van der Waals surface area contributed by atoms with Gasteiger partial charge >= 0.3 is 5.97 Å². The van der Waals surface area contributed by atoms with Gasteiger partial charge in [-0.15, -0.1) is 0 Å². The van der Waals surface area contributed by atoms with E-state index in [-0.39, 0.29) is 18.1 Å². The summed E-state index contributed by atoms with van der Waals surface area (Å²) < 4.78 is 5.43. The number of carbonyl (C=O) groups is 2. The number of hydrogen-bond donors (Lipinski definition) is 3. The van der Waals surface area contributed by atoms with Crippen LogP contribution in [0.3, 0.4) is 0 Å². The molecular formula is C15H23N3O4. The molecule has 0 aromatic heterocycles. The average molecular weight is 309 g/mol. The van der Waals surface area contributed by atoms with Gasteiger partial charge in [-0.2, -0.15) is 5.26 Å². The van der Waals surface area contributed by atoms with Gasteiger partial charge in [0.15, 0.2) is 0 Å². The highest BCUT2D eigenvalue weighted by molar-refractivity contribution is 5.97. The van der Waals surface area contributed by atoms with Crippen molar-refractivity contribution < 1.29 is 19.4 Å². The van der Waals surface area contributed by atoms with Crippen LogP contribution in [0.4, 0.5) is 0 Å². The van der Waals surface area contributed by atoms with Gasteiger partial charge in [-0.05, 0) is 25.7 Å². The smallest absolute Gasteiger partial charge is 0.303 e. The van der Waals surface area contributed by atoms with Crippen molar-refractivity contribution >= 4 is 11.9 Å². The lowest BCUT2D eigenvalue weighted by atomic mass is 10.2. The molecule has 0 aliphatic carbocycles. The molecule has 0 radical (unpaired) electrons. The third-order valence-corrected chi connectivity index (χ3v) is 3.33. The molecule has 7 heteroatoms. The first-order chi connectivity index (χ1) is 10.6. The van der Waals surface area contributed by atoms with E-state index in [4.69, 9.17) is 15.1 Å². The lowest BCUT2D eigenvalue weighted by molar-refractivity contribution is -0.137. The van der Waals surface area contributed by atoms with Gasteiger partial charge in [-0.3, -0.25) is 9.59 Å². The van der Waals surface area contributed by atoms with Crippen molar-refractivity contribution in [1.29, 1.82) is 5.26 Å². The van der Waals surface area contributed by atoms with Crippen LogP contribution in [0.1, 0.15) is 38.5 Å². The second-order valence-electron chi connectivity index (χ2n) is 5.17. The van der Waals surface area contributed by atoms with Crippen molar-refractivity contribution in [3.05, 3.63) is 11.8 Å². The minimum atomic E-state index is -0.809. The molecule has 1 rings (SSSR count). The molecule has 1 atom stereocenters. The van der Waals surface area contributed by atoms with Crippen LogP contribution in [-0.2, 0) is 14.3 Å². The van der Waals surface area contributed by atoms with Crippen LogP contribution in [0.5, 0.6) is 0 Å². The molecule has 0 spiro atoms. The molecule has 0 saturated carbocycles. The fraction of sp³-hybridized carbons (Fsp3) is 0.667. The van der Waals surface area contributed by atoms with Crippen molar-refractivity contribution in [2.45, 2.75) is 44.6 Å². The highest BCUT2D eigenvalue weighted by atomic mass is 16.5. The molecule has 0 aromatic carbocycles. The Balaban J connectivity index is 2.17. The summed E-state index contributed by atoms with van der Waals surface area (Å²) in [5.74, 6) is -1.23. The molecule has 0 bridgehead atoms. The Kier molecular flexibility index (Phi) is 8.69. The summed E-state index contributed by atoms with van der Waals surface area (Å²) >= 11 is 0. The SMILES string of the molecule is N#C/C(=C/NCC1CCCO1)C(=O)NCCCCCC(=O)O.